The second-order valence-electron chi connectivity index (χ2n) is 12.5. The summed E-state index contributed by atoms with van der Waals surface area (Å²) in [7, 11) is 0. The molecule has 1 saturated heterocycles. The molecule has 1 heterocycles. The molecule has 192 valence electrons. The van der Waals surface area contributed by atoms with Crippen LogP contribution in [0.3, 0.4) is 0 Å². The standard InChI is InChI=1S/C31H44O4/c1-19(2)10-9-11-21(5)12-13-23-26(32)29(16-14-20(3)4)17-15-22(6)24-18-25-28(7,8)35-27(23)30(25,33)31(24,29)34/h10,12,14-15,24-25,33-34H,9,11,13,16-18H2,1-8H3/b21-12+/t24-,25+,29-,30-,31+/m0/s1. The van der Waals surface area contributed by atoms with Gasteiger partial charge in [-0.25, -0.2) is 0 Å². The van der Waals surface area contributed by atoms with E-state index in [-0.39, 0.29) is 17.6 Å². The first-order valence-electron chi connectivity index (χ1n) is 13.2. The molecule has 3 aliphatic carbocycles. The molecule has 1 aliphatic heterocycles. The van der Waals surface area contributed by atoms with Crippen molar-refractivity contribution in [2.45, 2.75) is 111 Å². The van der Waals surface area contributed by atoms with E-state index in [1.807, 2.05) is 34.6 Å². The summed E-state index contributed by atoms with van der Waals surface area (Å²) in [6.45, 7) is 16.3. The van der Waals surface area contributed by atoms with Gasteiger partial charge in [0.15, 0.2) is 11.4 Å². The third-order valence-corrected chi connectivity index (χ3v) is 9.25. The van der Waals surface area contributed by atoms with Crippen molar-refractivity contribution in [2.24, 2.45) is 17.3 Å². The van der Waals surface area contributed by atoms with Gasteiger partial charge in [-0.2, -0.15) is 0 Å². The van der Waals surface area contributed by atoms with Crippen LogP contribution in [-0.2, 0) is 9.53 Å². The zero-order valence-corrected chi connectivity index (χ0v) is 22.9. The number of ketones is 1. The minimum Gasteiger partial charge on any atom is -0.488 e. The highest BCUT2D eigenvalue weighted by Gasteiger charge is 2.83. The van der Waals surface area contributed by atoms with Crippen molar-refractivity contribution in [3.63, 3.8) is 0 Å². The van der Waals surface area contributed by atoms with E-state index in [2.05, 4.69) is 45.1 Å². The van der Waals surface area contributed by atoms with Gasteiger partial charge in [-0.3, -0.25) is 4.79 Å². The SMILES string of the molecule is CC(C)=CCC/C(C)=C/CC1=C2OC(C)(C)[C@H]3C[C@H]4C(C)=CC[C@@](CC=C(C)C)(C1=O)[C@@]4(O)[C@@]23O. The Morgan fingerprint density at radius 1 is 1.09 bits per heavy atom. The number of rotatable bonds is 7. The number of hydrogen-bond donors (Lipinski definition) is 2. The van der Waals surface area contributed by atoms with Crippen LogP contribution in [0.2, 0.25) is 0 Å². The van der Waals surface area contributed by atoms with Crippen molar-refractivity contribution in [2.75, 3.05) is 0 Å². The van der Waals surface area contributed by atoms with E-state index in [1.165, 1.54) is 11.1 Å². The van der Waals surface area contributed by atoms with Crippen molar-refractivity contribution < 1.29 is 19.7 Å². The molecule has 4 aliphatic rings. The number of hydrogen-bond acceptors (Lipinski definition) is 4. The molecular weight excluding hydrogens is 436 g/mol. The summed E-state index contributed by atoms with van der Waals surface area (Å²) in [5, 5.41) is 25.2. The maximum atomic E-state index is 14.5. The van der Waals surface area contributed by atoms with Gasteiger partial charge in [0, 0.05) is 17.4 Å². The molecule has 0 aromatic heterocycles. The molecular formula is C31H44O4. The predicted molar refractivity (Wildman–Crippen MR) is 141 cm³/mol. The lowest BCUT2D eigenvalue weighted by molar-refractivity contribution is -0.214. The monoisotopic (exact) mass is 480 g/mol. The summed E-state index contributed by atoms with van der Waals surface area (Å²) in [6.07, 6.45) is 12.3. The van der Waals surface area contributed by atoms with Crippen LogP contribution in [0, 0.1) is 17.3 Å². The minimum atomic E-state index is -1.58. The Hall–Kier alpha value is -1.91. The van der Waals surface area contributed by atoms with Crippen molar-refractivity contribution in [1.29, 1.82) is 0 Å². The van der Waals surface area contributed by atoms with Crippen LogP contribution < -0.4 is 0 Å². The first-order valence-corrected chi connectivity index (χ1v) is 13.2. The largest absolute Gasteiger partial charge is 0.488 e. The van der Waals surface area contributed by atoms with E-state index in [0.717, 1.165) is 24.0 Å². The quantitative estimate of drug-likeness (QED) is 0.408. The van der Waals surface area contributed by atoms with Crippen LogP contribution in [0.5, 0.6) is 0 Å². The zero-order valence-electron chi connectivity index (χ0n) is 22.9. The summed E-state index contributed by atoms with van der Waals surface area (Å²) in [6, 6.07) is 0. The summed E-state index contributed by atoms with van der Waals surface area (Å²) < 4.78 is 6.43. The third-order valence-electron chi connectivity index (χ3n) is 9.25. The summed E-state index contributed by atoms with van der Waals surface area (Å²) in [5.74, 6) is -0.267. The number of carbonyl (C=O) groups excluding carboxylic acids is 1. The molecule has 5 atom stereocenters. The fourth-order valence-electron chi connectivity index (χ4n) is 7.30. The van der Waals surface area contributed by atoms with Gasteiger partial charge in [0.25, 0.3) is 0 Å². The summed E-state index contributed by atoms with van der Waals surface area (Å²) in [5.41, 5.74) is 0.330. The van der Waals surface area contributed by atoms with E-state index < -0.39 is 22.2 Å². The van der Waals surface area contributed by atoms with Crippen LogP contribution in [0.4, 0.5) is 0 Å². The summed E-state index contributed by atoms with van der Waals surface area (Å²) >= 11 is 0. The molecule has 1 saturated carbocycles. The summed E-state index contributed by atoms with van der Waals surface area (Å²) in [4.78, 5) is 14.5. The Balaban J connectivity index is 1.87. The fraction of sp³-hybridized carbons (Fsp3) is 0.645. The third kappa shape index (κ3) is 3.58. The number of ether oxygens (including phenoxy) is 1. The van der Waals surface area contributed by atoms with Gasteiger partial charge in [0.2, 0.25) is 0 Å². The highest BCUT2D eigenvalue weighted by atomic mass is 16.5. The van der Waals surface area contributed by atoms with E-state index in [1.54, 1.807) is 0 Å². The molecule has 0 bridgehead atoms. The molecule has 0 aromatic carbocycles. The van der Waals surface area contributed by atoms with Gasteiger partial charge in [-0.15, -0.1) is 0 Å². The van der Waals surface area contributed by atoms with E-state index in [0.29, 0.717) is 37.0 Å². The second kappa shape index (κ2) is 8.59. The topological polar surface area (TPSA) is 66.8 Å². The lowest BCUT2D eigenvalue weighted by Crippen LogP contribution is -2.71. The van der Waals surface area contributed by atoms with E-state index in [9.17, 15) is 15.0 Å². The van der Waals surface area contributed by atoms with Crippen molar-refractivity contribution in [3.8, 4) is 0 Å². The molecule has 0 radical (unpaired) electrons. The lowest BCUT2D eigenvalue weighted by Gasteiger charge is -2.57. The average Bonchev–Trinajstić information content (AvgIpc) is 3.13. The Bertz CT molecular complexity index is 1080. The molecule has 4 rings (SSSR count). The second-order valence-corrected chi connectivity index (χ2v) is 12.5. The molecule has 0 aromatic rings. The Morgan fingerprint density at radius 3 is 2.37 bits per heavy atom. The molecule has 4 heteroatoms. The Labute approximate surface area is 211 Å². The van der Waals surface area contributed by atoms with Crippen molar-refractivity contribution >= 4 is 5.78 Å². The van der Waals surface area contributed by atoms with Gasteiger partial charge in [-0.1, -0.05) is 46.6 Å². The van der Waals surface area contributed by atoms with Gasteiger partial charge in [0.05, 0.1) is 5.41 Å². The molecule has 4 nitrogen and oxygen atoms in total. The first kappa shape index (κ1) is 26.2. The maximum absolute atomic E-state index is 14.5. The number of carbonyl (C=O) groups is 1. The number of aliphatic hydroxyl groups is 2. The first-order chi connectivity index (χ1) is 16.2. The van der Waals surface area contributed by atoms with Gasteiger partial charge in [-0.05, 0) is 93.9 Å². The predicted octanol–water partition coefficient (Wildman–Crippen LogP) is 6.51. The minimum absolute atomic E-state index is 0.0578. The molecule has 0 unspecified atom stereocenters. The van der Waals surface area contributed by atoms with Crippen molar-refractivity contribution in [3.05, 3.63) is 57.9 Å². The van der Waals surface area contributed by atoms with Crippen molar-refractivity contribution in [1.82, 2.24) is 0 Å². The molecule has 2 fully saturated rings. The normalized spacial score (nSPS) is 37.0. The maximum Gasteiger partial charge on any atom is 0.172 e. The fourth-order valence-corrected chi connectivity index (χ4v) is 7.30. The smallest absolute Gasteiger partial charge is 0.172 e. The molecule has 0 amide bonds. The molecule has 2 N–H and O–H groups in total. The number of Topliss-reactive ketones (excluding diaryl/α,β-unsaturated/α-hetero) is 1. The molecule has 35 heavy (non-hydrogen) atoms. The highest BCUT2D eigenvalue weighted by molar-refractivity contribution is 6.04. The Morgan fingerprint density at radius 2 is 1.74 bits per heavy atom. The zero-order chi connectivity index (χ0) is 26.0. The van der Waals surface area contributed by atoms with Crippen LogP contribution in [-0.4, -0.2) is 32.8 Å². The molecule has 0 spiro atoms. The van der Waals surface area contributed by atoms with Crippen LogP contribution in [0.25, 0.3) is 0 Å². The lowest BCUT2D eigenvalue weighted by atomic mass is 9.48. The van der Waals surface area contributed by atoms with Crippen LogP contribution in [0.1, 0.15) is 93.9 Å². The van der Waals surface area contributed by atoms with Crippen LogP contribution >= 0.6 is 0 Å². The van der Waals surface area contributed by atoms with E-state index >= 15 is 0 Å². The van der Waals surface area contributed by atoms with Gasteiger partial charge in [0.1, 0.15) is 17.0 Å². The average molecular weight is 481 g/mol. The van der Waals surface area contributed by atoms with Gasteiger partial charge >= 0.3 is 0 Å². The van der Waals surface area contributed by atoms with Gasteiger partial charge < -0.3 is 14.9 Å². The van der Waals surface area contributed by atoms with E-state index in [4.69, 9.17) is 4.74 Å². The number of allylic oxidation sites excluding steroid dienone is 8. The van der Waals surface area contributed by atoms with Crippen LogP contribution in [0.15, 0.2) is 57.9 Å². The highest BCUT2D eigenvalue weighted by Crippen LogP contribution is 2.72. The Kier molecular flexibility index (Phi) is 6.42.